The molecule has 0 saturated heterocycles. The molecule has 0 saturated carbocycles. The number of amides is 1. The number of benzene rings is 2. The van der Waals surface area contributed by atoms with E-state index in [4.69, 9.17) is 0 Å². The lowest BCUT2D eigenvalue weighted by Crippen LogP contribution is -2.31. The normalized spacial score (nSPS) is 15.5. The first-order chi connectivity index (χ1) is 15.1. The molecule has 5 rings (SSSR count). The van der Waals surface area contributed by atoms with Gasteiger partial charge in [-0.25, -0.2) is 4.68 Å². The molecule has 4 aromatic rings. The summed E-state index contributed by atoms with van der Waals surface area (Å²) in [4.78, 5) is 13.0. The van der Waals surface area contributed by atoms with Gasteiger partial charge in [0.15, 0.2) is 5.69 Å². The molecule has 1 unspecified atom stereocenters. The summed E-state index contributed by atoms with van der Waals surface area (Å²) in [7, 11) is 1.95. The van der Waals surface area contributed by atoms with Crippen molar-refractivity contribution in [2.24, 2.45) is 7.05 Å². The summed E-state index contributed by atoms with van der Waals surface area (Å²) in [5, 5.41) is 15.9. The Bertz CT molecular complexity index is 1220. The highest BCUT2D eigenvalue weighted by Gasteiger charge is 2.27. The molecule has 0 aliphatic heterocycles. The van der Waals surface area contributed by atoms with Crippen molar-refractivity contribution in [3.8, 4) is 16.8 Å². The zero-order valence-electron chi connectivity index (χ0n) is 17.6. The number of carbonyl (C=O) groups is 1. The van der Waals surface area contributed by atoms with Crippen LogP contribution in [0.3, 0.4) is 0 Å². The molecule has 7 nitrogen and oxygen atoms in total. The minimum atomic E-state index is -0.202. The van der Waals surface area contributed by atoms with Crippen LogP contribution >= 0.6 is 0 Å². The number of nitrogens with zero attached hydrogens (tertiary/aromatic N) is 5. The quantitative estimate of drug-likeness (QED) is 0.553. The highest BCUT2D eigenvalue weighted by atomic mass is 16.2. The van der Waals surface area contributed by atoms with Gasteiger partial charge in [0.05, 0.1) is 23.6 Å². The molecule has 0 radical (unpaired) electrons. The van der Waals surface area contributed by atoms with E-state index in [1.165, 1.54) is 5.69 Å². The van der Waals surface area contributed by atoms with Crippen LogP contribution in [0.2, 0.25) is 0 Å². The van der Waals surface area contributed by atoms with Crippen molar-refractivity contribution in [2.75, 3.05) is 0 Å². The van der Waals surface area contributed by atoms with E-state index in [2.05, 4.69) is 45.0 Å². The fourth-order valence-electron chi connectivity index (χ4n) is 4.29. The Labute approximate surface area is 180 Å². The summed E-state index contributed by atoms with van der Waals surface area (Å²) >= 11 is 0. The highest BCUT2D eigenvalue weighted by molar-refractivity contribution is 5.93. The van der Waals surface area contributed by atoms with Gasteiger partial charge in [0.2, 0.25) is 0 Å². The summed E-state index contributed by atoms with van der Waals surface area (Å²) in [6.45, 7) is 1.87. The van der Waals surface area contributed by atoms with Gasteiger partial charge in [-0.05, 0) is 49.4 Å². The lowest BCUT2D eigenvalue weighted by atomic mass is 9.93. The van der Waals surface area contributed by atoms with Gasteiger partial charge in [-0.2, -0.15) is 5.10 Å². The smallest absolute Gasteiger partial charge is 0.274 e. The van der Waals surface area contributed by atoms with Crippen molar-refractivity contribution < 1.29 is 4.79 Å². The van der Waals surface area contributed by atoms with E-state index in [-0.39, 0.29) is 11.9 Å². The maximum absolute atomic E-state index is 13.0. The van der Waals surface area contributed by atoms with E-state index in [0.29, 0.717) is 11.4 Å². The van der Waals surface area contributed by atoms with Gasteiger partial charge < -0.3 is 5.32 Å². The lowest BCUT2D eigenvalue weighted by molar-refractivity contribution is 0.0927. The van der Waals surface area contributed by atoms with E-state index < -0.39 is 0 Å². The predicted octanol–water partition coefficient (Wildman–Crippen LogP) is 3.78. The second-order valence-corrected chi connectivity index (χ2v) is 7.94. The van der Waals surface area contributed by atoms with E-state index in [0.717, 1.165) is 41.6 Å². The van der Waals surface area contributed by atoms with Gasteiger partial charge in [-0.1, -0.05) is 47.7 Å². The Kier molecular flexibility index (Phi) is 4.86. The molecule has 0 bridgehead atoms. The van der Waals surface area contributed by atoms with E-state index in [9.17, 15) is 4.79 Å². The van der Waals surface area contributed by atoms with Gasteiger partial charge in [0.1, 0.15) is 0 Å². The number of carbonyl (C=O) groups excluding carboxylic acids is 1. The number of aromatic nitrogens is 5. The summed E-state index contributed by atoms with van der Waals surface area (Å²) < 4.78 is 3.61. The van der Waals surface area contributed by atoms with Gasteiger partial charge in [0.25, 0.3) is 5.91 Å². The molecule has 1 atom stereocenters. The van der Waals surface area contributed by atoms with Gasteiger partial charge in [-0.15, -0.1) is 5.10 Å². The molecular formula is C24H24N6O. The molecule has 31 heavy (non-hydrogen) atoms. The number of aryl methyl sites for hydroxylation is 1. The van der Waals surface area contributed by atoms with E-state index in [1.54, 1.807) is 4.68 Å². The van der Waals surface area contributed by atoms with Crippen LogP contribution in [0.4, 0.5) is 0 Å². The summed E-state index contributed by atoms with van der Waals surface area (Å²) in [6, 6.07) is 18.3. The zero-order valence-corrected chi connectivity index (χ0v) is 17.6. The molecule has 2 aromatic heterocycles. The van der Waals surface area contributed by atoms with Gasteiger partial charge in [-0.3, -0.25) is 9.48 Å². The maximum atomic E-state index is 13.0. The van der Waals surface area contributed by atoms with Gasteiger partial charge in [0, 0.05) is 18.3 Å². The third kappa shape index (κ3) is 3.52. The Hall–Kier alpha value is -3.74. The van der Waals surface area contributed by atoms with E-state index >= 15 is 0 Å². The molecule has 1 aliphatic carbocycles. The largest absolute Gasteiger partial charge is 0.344 e. The molecule has 156 valence electrons. The van der Waals surface area contributed by atoms with Crippen LogP contribution < -0.4 is 5.32 Å². The monoisotopic (exact) mass is 412 g/mol. The van der Waals surface area contributed by atoms with Crippen molar-refractivity contribution in [3.63, 3.8) is 0 Å². The Morgan fingerprint density at radius 2 is 1.81 bits per heavy atom. The number of hydrogen-bond donors (Lipinski definition) is 1. The molecule has 7 heteroatoms. The fraction of sp³-hybridized carbons (Fsp3) is 0.250. The molecule has 1 aliphatic rings. The third-order valence-corrected chi connectivity index (χ3v) is 6.01. The standard InChI is InChI=1S/C24H24N6O/c1-16-23(24(31)26-21-9-6-10-22-20(21)15-25-29(22)2)27-28-30(16)19-13-11-18(12-14-19)17-7-4-3-5-8-17/h3-5,7-8,11-15,21H,6,9-10H2,1-2H3,(H,26,31). The average Bonchev–Trinajstić information content (AvgIpc) is 3.38. The Balaban J connectivity index is 1.36. The van der Waals surface area contributed by atoms with Crippen molar-refractivity contribution >= 4 is 5.91 Å². The first-order valence-corrected chi connectivity index (χ1v) is 10.5. The second-order valence-electron chi connectivity index (χ2n) is 7.94. The SMILES string of the molecule is Cc1c(C(=O)NC2CCCc3c2cnn3C)nnn1-c1ccc(-c2ccccc2)cc1. The fourth-order valence-corrected chi connectivity index (χ4v) is 4.29. The maximum Gasteiger partial charge on any atom is 0.274 e. The van der Waals surface area contributed by atoms with E-state index in [1.807, 2.05) is 55.2 Å². The van der Waals surface area contributed by atoms with Crippen LogP contribution in [0.1, 0.15) is 46.3 Å². The second kappa shape index (κ2) is 7.83. The molecule has 2 aromatic carbocycles. The molecule has 0 spiro atoms. The van der Waals surface area contributed by atoms with Gasteiger partial charge >= 0.3 is 0 Å². The van der Waals surface area contributed by atoms with Crippen molar-refractivity contribution in [1.82, 2.24) is 30.1 Å². The van der Waals surface area contributed by atoms with Crippen molar-refractivity contribution in [3.05, 3.63) is 83.4 Å². The topological polar surface area (TPSA) is 77.6 Å². The minimum Gasteiger partial charge on any atom is -0.344 e. The summed E-state index contributed by atoms with van der Waals surface area (Å²) in [5.41, 5.74) is 6.52. The molecule has 0 fully saturated rings. The zero-order chi connectivity index (χ0) is 21.4. The number of hydrogen-bond acceptors (Lipinski definition) is 4. The molecule has 1 N–H and O–H groups in total. The molecular weight excluding hydrogens is 388 g/mol. The molecule has 1 amide bonds. The minimum absolute atomic E-state index is 0.0420. The third-order valence-electron chi connectivity index (χ3n) is 6.01. The first kappa shape index (κ1) is 19.2. The number of rotatable bonds is 4. The first-order valence-electron chi connectivity index (χ1n) is 10.5. The van der Waals surface area contributed by atoms with Crippen LogP contribution in [0.5, 0.6) is 0 Å². The lowest BCUT2D eigenvalue weighted by Gasteiger charge is -2.23. The predicted molar refractivity (Wildman–Crippen MR) is 118 cm³/mol. The summed E-state index contributed by atoms with van der Waals surface area (Å²) in [5.74, 6) is -0.202. The Morgan fingerprint density at radius 1 is 1.06 bits per heavy atom. The number of fused-ring (bicyclic) bond motifs is 1. The summed E-state index contributed by atoms with van der Waals surface area (Å²) in [6.07, 6.45) is 4.78. The van der Waals surface area contributed by atoms with Crippen LogP contribution in [-0.4, -0.2) is 30.7 Å². The molecule has 2 heterocycles. The number of nitrogens with one attached hydrogen (secondary N) is 1. The Morgan fingerprint density at radius 3 is 2.58 bits per heavy atom. The van der Waals surface area contributed by atoms with Crippen LogP contribution in [-0.2, 0) is 13.5 Å². The van der Waals surface area contributed by atoms with Crippen molar-refractivity contribution in [1.29, 1.82) is 0 Å². The van der Waals surface area contributed by atoms with Crippen LogP contribution in [0.25, 0.3) is 16.8 Å². The average molecular weight is 412 g/mol. The van der Waals surface area contributed by atoms with Crippen molar-refractivity contribution in [2.45, 2.75) is 32.2 Å². The van der Waals surface area contributed by atoms with Crippen LogP contribution in [0.15, 0.2) is 60.8 Å². The van der Waals surface area contributed by atoms with Crippen LogP contribution in [0, 0.1) is 6.92 Å². The highest BCUT2D eigenvalue weighted by Crippen LogP contribution is 2.29.